The van der Waals surface area contributed by atoms with E-state index in [9.17, 15) is 0 Å². The third-order valence-corrected chi connectivity index (χ3v) is 2.07. The van der Waals surface area contributed by atoms with Crippen molar-refractivity contribution in [1.29, 1.82) is 0 Å². The third kappa shape index (κ3) is 2.74. The molecule has 2 nitrogen and oxygen atoms in total. The highest BCUT2D eigenvalue weighted by Crippen LogP contribution is 2.24. The largest absolute Gasteiger partial charge is 0.490 e. The first kappa shape index (κ1) is 11.1. The predicted octanol–water partition coefficient (Wildman–Crippen LogP) is 2.37. The lowest BCUT2D eigenvalue weighted by Crippen LogP contribution is -2.13. The van der Waals surface area contributed by atoms with Gasteiger partial charge >= 0.3 is 0 Å². The molecule has 0 amide bonds. The molecule has 0 saturated heterocycles. The first-order chi connectivity index (χ1) is 6.50. The molecule has 2 heteroatoms. The van der Waals surface area contributed by atoms with E-state index in [1.54, 1.807) is 6.92 Å². The fourth-order valence-corrected chi connectivity index (χ4v) is 1.60. The second-order valence-corrected chi connectivity index (χ2v) is 3.89. The van der Waals surface area contributed by atoms with Crippen molar-refractivity contribution in [3.8, 4) is 5.75 Å². The van der Waals surface area contributed by atoms with Gasteiger partial charge in [-0.25, -0.2) is 0 Å². The van der Waals surface area contributed by atoms with Gasteiger partial charge in [0, 0.05) is 0 Å². The van der Waals surface area contributed by atoms with Crippen molar-refractivity contribution < 1.29 is 9.84 Å². The van der Waals surface area contributed by atoms with Crippen molar-refractivity contribution >= 4 is 0 Å². The van der Waals surface area contributed by atoms with Gasteiger partial charge in [-0.15, -0.1) is 0 Å². The van der Waals surface area contributed by atoms with E-state index < -0.39 is 6.10 Å². The second-order valence-electron chi connectivity index (χ2n) is 3.89. The average molecular weight is 194 g/mol. The quantitative estimate of drug-likeness (QED) is 0.800. The smallest absolute Gasteiger partial charge is 0.125 e. The molecule has 1 aromatic carbocycles. The molecular weight excluding hydrogens is 176 g/mol. The van der Waals surface area contributed by atoms with Gasteiger partial charge in [0.05, 0.1) is 6.10 Å². The number of hydrogen-bond donors (Lipinski definition) is 1. The number of benzene rings is 1. The number of hydrogen-bond acceptors (Lipinski definition) is 2. The maximum Gasteiger partial charge on any atom is 0.125 e. The molecule has 0 heterocycles. The molecule has 78 valence electrons. The van der Waals surface area contributed by atoms with Gasteiger partial charge < -0.3 is 9.84 Å². The van der Waals surface area contributed by atoms with Gasteiger partial charge in [-0.3, -0.25) is 0 Å². The Morgan fingerprint density at radius 3 is 2.14 bits per heavy atom. The summed E-state index contributed by atoms with van der Waals surface area (Å²) in [6.07, 6.45) is -0.421. The van der Waals surface area contributed by atoms with Gasteiger partial charge in [-0.2, -0.15) is 0 Å². The third-order valence-electron chi connectivity index (χ3n) is 2.07. The summed E-state index contributed by atoms with van der Waals surface area (Å²) in [5, 5.41) is 9.13. The zero-order valence-electron chi connectivity index (χ0n) is 9.29. The van der Waals surface area contributed by atoms with E-state index in [-0.39, 0.29) is 0 Å². The molecule has 0 unspecified atom stereocenters. The van der Waals surface area contributed by atoms with Crippen LogP contribution in [0, 0.1) is 20.8 Å². The lowest BCUT2D eigenvalue weighted by molar-refractivity contribution is 0.122. The van der Waals surface area contributed by atoms with Crippen molar-refractivity contribution in [1.82, 2.24) is 0 Å². The Morgan fingerprint density at radius 1 is 1.21 bits per heavy atom. The van der Waals surface area contributed by atoms with Gasteiger partial charge in [0.1, 0.15) is 12.4 Å². The Balaban J connectivity index is 2.86. The fourth-order valence-electron chi connectivity index (χ4n) is 1.60. The van der Waals surface area contributed by atoms with E-state index in [0.717, 1.165) is 16.9 Å². The zero-order valence-corrected chi connectivity index (χ0v) is 9.29. The average Bonchev–Trinajstić information content (AvgIpc) is 2.01. The van der Waals surface area contributed by atoms with Crippen LogP contribution in [0.15, 0.2) is 12.1 Å². The SMILES string of the molecule is Cc1cc(C)c(OC[C@@H](C)O)c(C)c1. The molecule has 14 heavy (non-hydrogen) atoms. The first-order valence-electron chi connectivity index (χ1n) is 4.89. The van der Waals surface area contributed by atoms with Gasteiger partial charge in [0.25, 0.3) is 0 Å². The highest BCUT2D eigenvalue weighted by atomic mass is 16.5. The van der Waals surface area contributed by atoms with Crippen LogP contribution in [-0.4, -0.2) is 17.8 Å². The van der Waals surface area contributed by atoms with Crippen LogP contribution in [0.2, 0.25) is 0 Å². The summed E-state index contributed by atoms with van der Waals surface area (Å²) in [6, 6.07) is 4.18. The number of aliphatic hydroxyl groups is 1. The van der Waals surface area contributed by atoms with Crippen molar-refractivity contribution in [2.24, 2.45) is 0 Å². The predicted molar refractivity (Wildman–Crippen MR) is 57.8 cm³/mol. The molecule has 0 aromatic heterocycles. The minimum Gasteiger partial charge on any atom is -0.490 e. The second kappa shape index (κ2) is 4.47. The molecule has 0 radical (unpaired) electrons. The van der Waals surface area contributed by atoms with E-state index in [0.29, 0.717) is 6.61 Å². The molecule has 0 bridgehead atoms. The lowest BCUT2D eigenvalue weighted by atomic mass is 10.1. The van der Waals surface area contributed by atoms with E-state index in [4.69, 9.17) is 9.84 Å². The number of aryl methyl sites for hydroxylation is 3. The van der Waals surface area contributed by atoms with Crippen molar-refractivity contribution in [2.75, 3.05) is 6.61 Å². The van der Waals surface area contributed by atoms with Crippen LogP contribution in [0.3, 0.4) is 0 Å². The summed E-state index contributed by atoms with van der Waals surface area (Å²) in [6.45, 7) is 8.19. The van der Waals surface area contributed by atoms with Crippen LogP contribution in [0.5, 0.6) is 5.75 Å². The molecule has 0 aliphatic rings. The summed E-state index contributed by atoms with van der Waals surface area (Å²) in [5.74, 6) is 0.900. The molecule has 0 spiro atoms. The van der Waals surface area contributed by atoms with Crippen molar-refractivity contribution in [3.05, 3.63) is 28.8 Å². The van der Waals surface area contributed by atoms with Gasteiger partial charge in [0.15, 0.2) is 0 Å². The van der Waals surface area contributed by atoms with Crippen molar-refractivity contribution in [3.63, 3.8) is 0 Å². The molecule has 0 fully saturated rings. The number of ether oxygens (including phenoxy) is 1. The Bertz CT molecular complexity index is 293. The Labute approximate surface area is 85.5 Å². The van der Waals surface area contributed by atoms with Crippen LogP contribution in [0.1, 0.15) is 23.6 Å². The topological polar surface area (TPSA) is 29.5 Å². The molecule has 0 aliphatic heterocycles. The summed E-state index contributed by atoms with van der Waals surface area (Å²) >= 11 is 0. The van der Waals surface area contributed by atoms with Crippen LogP contribution >= 0.6 is 0 Å². The van der Waals surface area contributed by atoms with Gasteiger partial charge in [-0.05, 0) is 38.8 Å². The Hall–Kier alpha value is -1.02. The maximum atomic E-state index is 9.13. The summed E-state index contributed by atoms with van der Waals surface area (Å²) in [7, 11) is 0. The van der Waals surface area contributed by atoms with Crippen LogP contribution < -0.4 is 4.74 Å². The fraction of sp³-hybridized carbons (Fsp3) is 0.500. The van der Waals surface area contributed by atoms with Crippen molar-refractivity contribution in [2.45, 2.75) is 33.8 Å². The molecule has 1 atom stereocenters. The summed E-state index contributed by atoms with van der Waals surface area (Å²) in [4.78, 5) is 0. The molecule has 1 rings (SSSR count). The molecule has 1 N–H and O–H groups in total. The lowest BCUT2D eigenvalue weighted by Gasteiger charge is -2.14. The molecule has 0 aliphatic carbocycles. The molecular formula is C12H18O2. The molecule has 0 saturated carbocycles. The first-order valence-corrected chi connectivity index (χ1v) is 4.89. The van der Waals surface area contributed by atoms with Gasteiger partial charge in [-0.1, -0.05) is 17.7 Å². The number of rotatable bonds is 3. The van der Waals surface area contributed by atoms with Crippen LogP contribution in [-0.2, 0) is 0 Å². The van der Waals surface area contributed by atoms with E-state index in [1.165, 1.54) is 5.56 Å². The minimum atomic E-state index is -0.421. The Kier molecular flexibility index (Phi) is 3.53. The summed E-state index contributed by atoms with van der Waals surface area (Å²) in [5.41, 5.74) is 3.50. The Morgan fingerprint density at radius 2 is 1.71 bits per heavy atom. The van der Waals surface area contributed by atoms with E-state index >= 15 is 0 Å². The number of aliphatic hydroxyl groups excluding tert-OH is 1. The molecule has 1 aromatic rings. The summed E-state index contributed by atoms with van der Waals surface area (Å²) < 4.78 is 5.53. The zero-order chi connectivity index (χ0) is 10.7. The normalized spacial score (nSPS) is 12.6. The standard InChI is InChI=1S/C12H18O2/c1-8-5-9(2)12(10(3)6-8)14-7-11(4)13/h5-6,11,13H,7H2,1-4H3/t11-/m1/s1. The minimum absolute atomic E-state index is 0.352. The maximum absolute atomic E-state index is 9.13. The van der Waals surface area contributed by atoms with Crippen LogP contribution in [0.25, 0.3) is 0 Å². The van der Waals surface area contributed by atoms with E-state index in [2.05, 4.69) is 19.1 Å². The monoisotopic (exact) mass is 194 g/mol. The van der Waals surface area contributed by atoms with E-state index in [1.807, 2.05) is 13.8 Å². The van der Waals surface area contributed by atoms with Gasteiger partial charge in [0.2, 0.25) is 0 Å². The highest BCUT2D eigenvalue weighted by Gasteiger charge is 2.05. The highest BCUT2D eigenvalue weighted by molar-refractivity contribution is 5.42. The van der Waals surface area contributed by atoms with Crippen LogP contribution in [0.4, 0.5) is 0 Å².